The number of para-hydroxylation sites is 1. The Morgan fingerprint density at radius 2 is 1.76 bits per heavy atom. The molecule has 154 valence electrons. The van der Waals surface area contributed by atoms with E-state index in [2.05, 4.69) is 5.32 Å². The van der Waals surface area contributed by atoms with Crippen LogP contribution in [0, 0.1) is 0 Å². The van der Waals surface area contributed by atoms with Crippen molar-refractivity contribution in [3.05, 3.63) is 60.2 Å². The van der Waals surface area contributed by atoms with Crippen molar-refractivity contribution in [3.8, 4) is 0 Å². The highest BCUT2D eigenvalue weighted by Crippen LogP contribution is 2.27. The normalized spacial score (nSPS) is 17.5. The van der Waals surface area contributed by atoms with Crippen LogP contribution in [0.2, 0.25) is 0 Å². The number of amides is 1. The van der Waals surface area contributed by atoms with Gasteiger partial charge in [0.2, 0.25) is 15.9 Å². The molecular weight excluding hydrogens is 392 g/mol. The number of carbonyl (C=O) groups excluding carboxylic acids is 2. The zero-order valence-corrected chi connectivity index (χ0v) is 17.0. The molecule has 0 spiro atoms. The van der Waals surface area contributed by atoms with Crippen molar-refractivity contribution >= 4 is 27.6 Å². The van der Waals surface area contributed by atoms with Crippen LogP contribution in [-0.4, -0.2) is 44.3 Å². The van der Waals surface area contributed by atoms with Gasteiger partial charge in [-0.2, -0.15) is 4.31 Å². The van der Waals surface area contributed by atoms with Crippen LogP contribution in [0.25, 0.3) is 0 Å². The van der Waals surface area contributed by atoms with Gasteiger partial charge in [0.15, 0.2) is 0 Å². The number of anilines is 1. The molecule has 1 aliphatic heterocycles. The van der Waals surface area contributed by atoms with E-state index in [-0.39, 0.29) is 22.8 Å². The number of ether oxygens (including phenoxy) is 1. The summed E-state index contributed by atoms with van der Waals surface area (Å²) < 4.78 is 32.3. The fourth-order valence-electron chi connectivity index (χ4n) is 3.52. The molecule has 1 fully saturated rings. The van der Waals surface area contributed by atoms with Gasteiger partial charge < -0.3 is 10.1 Å². The van der Waals surface area contributed by atoms with E-state index >= 15 is 0 Å². The second kappa shape index (κ2) is 9.19. The number of piperidine rings is 1. The molecule has 1 saturated heterocycles. The number of hydrogen-bond donors (Lipinski definition) is 1. The lowest BCUT2D eigenvalue weighted by Crippen LogP contribution is -2.45. The average molecular weight is 416 g/mol. The SMILES string of the molecule is COC(=O)c1ccccc1NC(=O)CC1CCCCN1S(=O)(=O)c1ccccc1. The maximum absolute atomic E-state index is 13.1. The topological polar surface area (TPSA) is 92.8 Å². The van der Waals surface area contributed by atoms with Gasteiger partial charge in [0.25, 0.3) is 0 Å². The number of sulfonamides is 1. The third-order valence-corrected chi connectivity index (χ3v) is 6.92. The Labute approximate surface area is 170 Å². The maximum Gasteiger partial charge on any atom is 0.339 e. The molecule has 2 aromatic carbocycles. The van der Waals surface area contributed by atoms with Gasteiger partial charge in [-0.25, -0.2) is 13.2 Å². The molecule has 29 heavy (non-hydrogen) atoms. The highest BCUT2D eigenvalue weighted by atomic mass is 32.2. The maximum atomic E-state index is 13.1. The lowest BCUT2D eigenvalue weighted by atomic mass is 10.0. The quantitative estimate of drug-likeness (QED) is 0.731. The van der Waals surface area contributed by atoms with Crippen molar-refractivity contribution in [1.82, 2.24) is 4.31 Å². The summed E-state index contributed by atoms with van der Waals surface area (Å²) in [6.07, 6.45) is 2.24. The smallest absolute Gasteiger partial charge is 0.339 e. The van der Waals surface area contributed by atoms with Gasteiger partial charge in [0, 0.05) is 19.0 Å². The highest BCUT2D eigenvalue weighted by molar-refractivity contribution is 7.89. The molecule has 1 atom stereocenters. The van der Waals surface area contributed by atoms with Crippen molar-refractivity contribution in [2.24, 2.45) is 0 Å². The van der Waals surface area contributed by atoms with E-state index in [1.807, 2.05) is 0 Å². The first-order valence-electron chi connectivity index (χ1n) is 9.47. The summed E-state index contributed by atoms with van der Waals surface area (Å²) in [5.41, 5.74) is 0.596. The van der Waals surface area contributed by atoms with Crippen LogP contribution in [0.15, 0.2) is 59.5 Å². The molecule has 1 unspecified atom stereocenters. The number of benzene rings is 2. The van der Waals surface area contributed by atoms with Crippen molar-refractivity contribution in [2.75, 3.05) is 19.0 Å². The van der Waals surface area contributed by atoms with Gasteiger partial charge in [0.05, 0.1) is 23.3 Å². The molecule has 1 amide bonds. The first-order valence-corrected chi connectivity index (χ1v) is 10.9. The van der Waals surface area contributed by atoms with E-state index in [9.17, 15) is 18.0 Å². The lowest BCUT2D eigenvalue weighted by molar-refractivity contribution is -0.117. The minimum absolute atomic E-state index is 0.0154. The van der Waals surface area contributed by atoms with Crippen LogP contribution in [0.4, 0.5) is 5.69 Å². The number of rotatable bonds is 6. The molecule has 0 aliphatic carbocycles. The third kappa shape index (κ3) is 4.83. The monoisotopic (exact) mass is 416 g/mol. The van der Waals surface area contributed by atoms with Crippen LogP contribution in [0.1, 0.15) is 36.0 Å². The number of nitrogens with one attached hydrogen (secondary N) is 1. The summed E-state index contributed by atoms with van der Waals surface area (Å²) in [6, 6.07) is 14.4. The van der Waals surface area contributed by atoms with Crippen LogP contribution in [0.5, 0.6) is 0 Å². The van der Waals surface area contributed by atoms with Crippen molar-refractivity contribution in [3.63, 3.8) is 0 Å². The lowest BCUT2D eigenvalue weighted by Gasteiger charge is -2.34. The summed E-state index contributed by atoms with van der Waals surface area (Å²) in [4.78, 5) is 24.8. The minimum atomic E-state index is -3.68. The van der Waals surface area contributed by atoms with E-state index in [1.165, 1.54) is 11.4 Å². The Balaban J connectivity index is 1.76. The molecule has 0 bridgehead atoms. The largest absolute Gasteiger partial charge is 0.465 e. The van der Waals surface area contributed by atoms with Gasteiger partial charge >= 0.3 is 5.97 Å². The molecule has 1 N–H and O–H groups in total. The Morgan fingerprint density at radius 1 is 1.07 bits per heavy atom. The predicted octanol–water partition coefficient (Wildman–Crippen LogP) is 3.05. The third-order valence-electron chi connectivity index (χ3n) is 4.95. The average Bonchev–Trinajstić information content (AvgIpc) is 2.74. The van der Waals surface area contributed by atoms with Crippen LogP contribution < -0.4 is 5.32 Å². The molecule has 7 nitrogen and oxygen atoms in total. The van der Waals surface area contributed by atoms with E-state index in [0.717, 1.165) is 12.8 Å². The summed E-state index contributed by atoms with van der Waals surface area (Å²) in [5, 5.41) is 2.72. The number of nitrogens with zero attached hydrogens (tertiary/aromatic N) is 1. The Hall–Kier alpha value is -2.71. The summed E-state index contributed by atoms with van der Waals surface area (Å²) in [5.74, 6) is -0.895. The Morgan fingerprint density at radius 3 is 2.48 bits per heavy atom. The summed E-state index contributed by atoms with van der Waals surface area (Å²) in [7, 11) is -2.40. The van der Waals surface area contributed by atoms with E-state index in [4.69, 9.17) is 4.74 Å². The van der Waals surface area contributed by atoms with E-state index in [1.54, 1.807) is 54.6 Å². The summed E-state index contributed by atoms with van der Waals surface area (Å²) in [6.45, 7) is 0.383. The molecule has 2 aromatic rings. The van der Waals surface area contributed by atoms with E-state index in [0.29, 0.717) is 18.7 Å². The van der Waals surface area contributed by atoms with Gasteiger partial charge in [-0.3, -0.25) is 4.79 Å². The standard InChI is InChI=1S/C21H24N2O5S/c1-28-21(25)18-12-5-6-13-19(18)22-20(24)15-16-9-7-8-14-23(16)29(26,27)17-10-3-2-4-11-17/h2-6,10-13,16H,7-9,14-15H2,1H3,(H,22,24). The molecule has 0 radical (unpaired) electrons. The fourth-order valence-corrected chi connectivity index (χ4v) is 5.23. The first kappa shape index (κ1) is 21.0. The minimum Gasteiger partial charge on any atom is -0.465 e. The van der Waals surface area contributed by atoms with Crippen molar-refractivity contribution in [2.45, 2.75) is 36.6 Å². The van der Waals surface area contributed by atoms with Crippen molar-refractivity contribution in [1.29, 1.82) is 0 Å². The Bertz CT molecular complexity index is 976. The van der Waals surface area contributed by atoms with Gasteiger partial charge in [-0.05, 0) is 37.1 Å². The Kier molecular flexibility index (Phi) is 6.66. The van der Waals surface area contributed by atoms with E-state index < -0.39 is 22.0 Å². The van der Waals surface area contributed by atoms with Crippen molar-refractivity contribution < 1.29 is 22.7 Å². The zero-order valence-electron chi connectivity index (χ0n) is 16.2. The van der Waals surface area contributed by atoms with Gasteiger partial charge in [-0.15, -0.1) is 0 Å². The number of methoxy groups -OCH3 is 1. The number of carbonyl (C=O) groups is 2. The van der Waals surface area contributed by atoms with Crippen LogP contribution in [-0.2, 0) is 19.6 Å². The van der Waals surface area contributed by atoms with Crippen LogP contribution in [0.3, 0.4) is 0 Å². The van der Waals surface area contributed by atoms with Gasteiger partial charge in [-0.1, -0.05) is 36.8 Å². The second-order valence-electron chi connectivity index (χ2n) is 6.87. The second-order valence-corrected chi connectivity index (χ2v) is 8.76. The molecule has 1 heterocycles. The zero-order chi connectivity index (χ0) is 20.9. The first-order chi connectivity index (χ1) is 13.9. The molecule has 8 heteroatoms. The molecule has 1 aliphatic rings. The highest BCUT2D eigenvalue weighted by Gasteiger charge is 2.34. The molecule has 3 rings (SSSR count). The van der Waals surface area contributed by atoms with Gasteiger partial charge in [0.1, 0.15) is 0 Å². The molecule has 0 saturated carbocycles. The predicted molar refractivity (Wildman–Crippen MR) is 109 cm³/mol. The van der Waals surface area contributed by atoms with Crippen LogP contribution >= 0.6 is 0 Å². The number of esters is 1. The molecule has 0 aromatic heterocycles. The molecular formula is C21H24N2O5S. The summed E-state index contributed by atoms with van der Waals surface area (Å²) >= 11 is 0. The fraction of sp³-hybridized carbons (Fsp3) is 0.333. The number of hydrogen-bond acceptors (Lipinski definition) is 5.